The first-order valence-electron chi connectivity index (χ1n) is 8.99. The van der Waals surface area contributed by atoms with Crippen molar-refractivity contribution >= 4 is 44.2 Å². The van der Waals surface area contributed by atoms with Crippen molar-refractivity contribution in [3.8, 4) is 0 Å². The second-order valence-corrected chi connectivity index (χ2v) is 7.79. The molecule has 5 nitrogen and oxygen atoms in total. The zero-order valence-corrected chi connectivity index (χ0v) is 16.8. The Hall–Kier alpha value is -2.31. The number of morpholine rings is 1. The average molecular weight is 429 g/mol. The number of carbonyl (C=O) groups is 1. The Balaban J connectivity index is 1.47. The summed E-state index contributed by atoms with van der Waals surface area (Å²) in [5.41, 5.74) is 2.54. The molecule has 2 aromatic carbocycles. The number of furan rings is 1. The van der Waals surface area contributed by atoms with Gasteiger partial charge in [0.2, 0.25) is 0 Å². The van der Waals surface area contributed by atoms with Crippen LogP contribution >= 0.6 is 15.9 Å². The topological polar surface area (TPSA) is 54.7 Å². The zero-order chi connectivity index (χ0) is 19.0. The Bertz CT molecular complexity index is 957. The molecule has 0 radical (unpaired) electrons. The lowest BCUT2D eigenvalue weighted by Crippen LogP contribution is -2.45. The third kappa shape index (κ3) is 3.87. The van der Waals surface area contributed by atoms with E-state index in [1.165, 1.54) is 0 Å². The number of halogens is 1. The molecule has 2 atom stereocenters. The van der Waals surface area contributed by atoms with Crippen molar-refractivity contribution in [3.05, 3.63) is 58.8 Å². The molecule has 3 aromatic rings. The number of fused-ring (bicyclic) bond motifs is 1. The Labute approximate surface area is 166 Å². The highest BCUT2D eigenvalue weighted by Crippen LogP contribution is 2.28. The normalized spacial score (nSPS) is 20.0. The molecule has 2 unspecified atom stereocenters. The van der Waals surface area contributed by atoms with Gasteiger partial charge in [0.1, 0.15) is 5.58 Å². The van der Waals surface area contributed by atoms with Gasteiger partial charge >= 0.3 is 0 Å². The number of hydrogen-bond acceptors (Lipinski definition) is 4. The fourth-order valence-corrected chi connectivity index (χ4v) is 3.94. The van der Waals surface area contributed by atoms with Crippen LogP contribution < -0.4 is 10.2 Å². The first-order valence-corrected chi connectivity index (χ1v) is 9.79. The predicted molar refractivity (Wildman–Crippen MR) is 111 cm³/mol. The molecule has 1 N–H and O–H groups in total. The molecule has 140 valence electrons. The Morgan fingerprint density at radius 3 is 2.48 bits per heavy atom. The van der Waals surface area contributed by atoms with Gasteiger partial charge in [0, 0.05) is 29.9 Å². The van der Waals surface area contributed by atoms with E-state index >= 15 is 0 Å². The van der Waals surface area contributed by atoms with E-state index in [-0.39, 0.29) is 23.9 Å². The first-order chi connectivity index (χ1) is 13.0. The largest absolute Gasteiger partial charge is 0.450 e. The molecule has 2 heterocycles. The van der Waals surface area contributed by atoms with Gasteiger partial charge in [-0.1, -0.05) is 12.1 Å². The van der Waals surface area contributed by atoms with Crippen LogP contribution in [0.5, 0.6) is 0 Å². The zero-order valence-electron chi connectivity index (χ0n) is 15.2. The molecule has 0 bridgehead atoms. The lowest BCUT2D eigenvalue weighted by atomic mass is 10.2. The number of carbonyl (C=O) groups excluding carboxylic acids is 1. The van der Waals surface area contributed by atoms with Gasteiger partial charge in [0.05, 0.1) is 16.7 Å². The highest BCUT2D eigenvalue weighted by molar-refractivity contribution is 9.10. The summed E-state index contributed by atoms with van der Waals surface area (Å²) >= 11 is 3.44. The maximum atomic E-state index is 12.5. The number of hydrogen-bond donors (Lipinski definition) is 1. The Morgan fingerprint density at radius 1 is 1.11 bits per heavy atom. The van der Waals surface area contributed by atoms with Gasteiger partial charge in [-0.15, -0.1) is 0 Å². The van der Waals surface area contributed by atoms with E-state index in [0.717, 1.165) is 34.3 Å². The summed E-state index contributed by atoms with van der Waals surface area (Å²) in [4.78, 5) is 14.8. The third-order valence-corrected chi connectivity index (χ3v) is 5.25. The lowest BCUT2D eigenvalue weighted by Gasteiger charge is -2.36. The van der Waals surface area contributed by atoms with Gasteiger partial charge in [0.25, 0.3) is 5.91 Å². The van der Waals surface area contributed by atoms with E-state index in [1.54, 1.807) is 6.07 Å². The molecule has 0 saturated carbocycles. The van der Waals surface area contributed by atoms with Crippen molar-refractivity contribution in [2.24, 2.45) is 0 Å². The molecule has 1 amide bonds. The summed E-state index contributed by atoms with van der Waals surface area (Å²) in [5.74, 6) is 0.0243. The molecule has 1 aliphatic heterocycles. The number of amides is 1. The van der Waals surface area contributed by atoms with Crippen LogP contribution in [0.2, 0.25) is 0 Å². The number of benzene rings is 2. The van der Waals surface area contributed by atoms with Crippen LogP contribution in [0.4, 0.5) is 11.4 Å². The van der Waals surface area contributed by atoms with Gasteiger partial charge in [0.15, 0.2) is 5.76 Å². The van der Waals surface area contributed by atoms with Crippen LogP contribution in [0.25, 0.3) is 11.0 Å². The van der Waals surface area contributed by atoms with Gasteiger partial charge in [-0.05, 0) is 66.2 Å². The Morgan fingerprint density at radius 2 is 1.81 bits per heavy atom. The van der Waals surface area contributed by atoms with Crippen LogP contribution in [0.1, 0.15) is 24.4 Å². The van der Waals surface area contributed by atoms with Crippen molar-refractivity contribution in [3.63, 3.8) is 0 Å². The molecule has 0 aliphatic carbocycles. The Kier molecular flexibility index (Phi) is 4.93. The monoisotopic (exact) mass is 428 g/mol. The maximum absolute atomic E-state index is 12.5. The van der Waals surface area contributed by atoms with E-state index < -0.39 is 0 Å². The fourth-order valence-electron chi connectivity index (χ4n) is 3.48. The quantitative estimate of drug-likeness (QED) is 0.633. The summed E-state index contributed by atoms with van der Waals surface area (Å²) in [5, 5.41) is 3.78. The van der Waals surface area contributed by atoms with E-state index in [9.17, 15) is 4.79 Å². The van der Waals surface area contributed by atoms with Gasteiger partial charge in [-0.25, -0.2) is 0 Å². The number of anilines is 2. The minimum atomic E-state index is -0.264. The number of rotatable bonds is 3. The van der Waals surface area contributed by atoms with Crippen LogP contribution in [-0.2, 0) is 4.74 Å². The third-order valence-electron chi connectivity index (χ3n) is 4.63. The summed E-state index contributed by atoms with van der Waals surface area (Å²) in [6, 6.07) is 15.3. The van der Waals surface area contributed by atoms with Crippen LogP contribution in [0.3, 0.4) is 0 Å². The van der Waals surface area contributed by atoms with Crippen molar-refractivity contribution in [2.45, 2.75) is 26.1 Å². The molecule has 1 aliphatic rings. The van der Waals surface area contributed by atoms with Crippen molar-refractivity contribution in [1.29, 1.82) is 0 Å². The van der Waals surface area contributed by atoms with E-state index in [4.69, 9.17) is 9.15 Å². The molecule has 1 fully saturated rings. The molecule has 6 heteroatoms. The summed E-state index contributed by atoms with van der Waals surface area (Å²) in [6.07, 6.45) is 0.418. The highest BCUT2D eigenvalue weighted by Gasteiger charge is 2.22. The smallest absolute Gasteiger partial charge is 0.291 e. The number of nitrogens with one attached hydrogen (secondary N) is 1. The first kappa shape index (κ1) is 18.1. The van der Waals surface area contributed by atoms with Crippen molar-refractivity contribution < 1.29 is 13.9 Å². The highest BCUT2D eigenvalue weighted by atomic mass is 79.9. The minimum Gasteiger partial charge on any atom is -0.450 e. The summed E-state index contributed by atoms with van der Waals surface area (Å²) < 4.78 is 12.3. The maximum Gasteiger partial charge on any atom is 0.291 e. The average Bonchev–Trinajstić information content (AvgIpc) is 3.07. The number of nitrogens with zero attached hydrogens (tertiary/aromatic N) is 1. The fraction of sp³-hybridized carbons (Fsp3) is 0.286. The molecule has 27 heavy (non-hydrogen) atoms. The van der Waals surface area contributed by atoms with Crippen molar-refractivity contribution in [2.75, 3.05) is 23.3 Å². The van der Waals surface area contributed by atoms with Crippen LogP contribution in [-0.4, -0.2) is 31.2 Å². The van der Waals surface area contributed by atoms with E-state index in [1.807, 2.05) is 42.5 Å². The second-order valence-electron chi connectivity index (χ2n) is 6.93. The molecular formula is C21H21BrN2O3. The van der Waals surface area contributed by atoms with Gasteiger partial charge in [-0.3, -0.25) is 4.79 Å². The van der Waals surface area contributed by atoms with Crippen LogP contribution in [0.15, 0.2) is 57.4 Å². The van der Waals surface area contributed by atoms with Gasteiger partial charge in [-0.2, -0.15) is 0 Å². The second kappa shape index (κ2) is 7.37. The number of ether oxygens (including phenoxy) is 1. The van der Waals surface area contributed by atoms with E-state index in [0.29, 0.717) is 5.58 Å². The molecule has 4 rings (SSSR count). The molecule has 1 saturated heterocycles. The molecular weight excluding hydrogens is 408 g/mol. The van der Waals surface area contributed by atoms with Gasteiger partial charge < -0.3 is 19.4 Å². The summed E-state index contributed by atoms with van der Waals surface area (Å²) in [6.45, 7) is 5.90. The van der Waals surface area contributed by atoms with Crippen molar-refractivity contribution in [1.82, 2.24) is 0 Å². The molecule has 1 aromatic heterocycles. The summed E-state index contributed by atoms with van der Waals surface area (Å²) in [7, 11) is 0. The molecule has 0 spiro atoms. The number of para-hydroxylation sites is 1. The SMILES string of the molecule is CC1CN(c2ccc(NC(=O)c3cc4cccc(Br)c4o3)cc2)CC(C)O1. The lowest BCUT2D eigenvalue weighted by molar-refractivity contribution is -0.00521. The standard InChI is InChI=1S/C21H21BrN2O3/c1-13-11-24(12-14(2)26-13)17-8-6-16(7-9-17)23-21(25)19-10-15-4-3-5-18(22)20(15)27-19/h3-10,13-14H,11-12H2,1-2H3,(H,23,25). The van der Waals surface area contributed by atoms with E-state index in [2.05, 4.69) is 40.0 Å². The predicted octanol–water partition coefficient (Wildman–Crippen LogP) is 5.06. The minimum absolute atomic E-state index is 0.209. The van der Waals surface area contributed by atoms with Crippen LogP contribution in [0, 0.1) is 0 Å².